The number of ether oxygens (including phenoxy) is 1. The molecular formula is C12H21NO. The summed E-state index contributed by atoms with van der Waals surface area (Å²) in [5.41, 5.74) is 1.28. The minimum Gasteiger partial charge on any atom is -0.481 e. The van der Waals surface area contributed by atoms with Gasteiger partial charge in [0.1, 0.15) is 0 Å². The molecule has 0 unspecified atom stereocenters. The molecule has 0 aliphatic carbocycles. The second-order valence-electron chi connectivity index (χ2n) is 3.36. The van der Waals surface area contributed by atoms with Crippen molar-refractivity contribution >= 4 is 5.90 Å². The van der Waals surface area contributed by atoms with Crippen LogP contribution in [0, 0.1) is 0 Å². The van der Waals surface area contributed by atoms with Crippen LogP contribution in [0.1, 0.15) is 33.6 Å². The van der Waals surface area contributed by atoms with Crippen LogP contribution in [0.2, 0.25) is 0 Å². The highest BCUT2D eigenvalue weighted by molar-refractivity contribution is 5.87. The third-order valence-corrected chi connectivity index (χ3v) is 1.67. The molecule has 0 aromatic carbocycles. The monoisotopic (exact) mass is 195 g/mol. The van der Waals surface area contributed by atoms with Gasteiger partial charge >= 0.3 is 0 Å². The summed E-state index contributed by atoms with van der Waals surface area (Å²) in [6.45, 7) is 6.98. The average Bonchev–Trinajstić information content (AvgIpc) is 2.15. The van der Waals surface area contributed by atoms with Crippen molar-refractivity contribution in [3.05, 3.63) is 23.8 Å². The molecule has 0 heterocycles. The summed E-state index contributed by atoms with van der Waals surface area (Å²) < 4.78 is 5.11. The Bertz CT molecular complexity index is 222. The van der Waals surface area contributed by atoms with E-state index in [1.165, 1.54) is 5.57 Å². The quantitative estimate of drug-likeness (QED) is 0.374. The fraction of sp³-hybridized carbons (Fsp3) is 0.583. The van der Waals surface area contributed by atoms with Gasteiger partial charge in [-0.05, 0) is 26.3 Å². The SMILES string of the molecule is CCC/C=C\C(=N/CC=C(C)C)OC. The smallest absolute Gasteiger partial charge is 0.208 e. The molecule has 0 saturated carbocycles. The normalized spacial score (nSPS) is 11.9. The topological polar surface area (TPSA) is 21.6 Å². The van der Waals surface area contributed by atoms with Gasteiger partial charge in [0.2, 0.25) is 5.90 Å². The zero-order valence-corrected chi connectivity index (χ0v) is 9.71. The number of unbranched alkanes of at least 4 members (excludes halogenated alkanes) is 1. The van der Waals surface area contributed by atoms with Crippen LogP contribution in [0.3, 0.4) is 0 Å². The molecule has 0 aliphatic heterocycles. The first-order valence-electron chi connectivity index (χ1n) is 5.09. The van der Waals surface area contributed by atoms with E-state index in [9.17, 15) is 0 Å². The van der Waals surface area contributed by atoms with E-state index >= 15 is 0 Å². The molecule has 0 spiro atoms. The number of rotatable bonds is 5. The molecule has 0 rings (SSSR count). The highest BCUT2D eigenvalue weighted by atomic mass is 16.5. The van der Waals surface area contributed by atoms with Crippen LogP contribution in [0.15, 0.2) is 28.8 Å². The van der Waals surface area contributed by atoms with E-state index in [1.54, 1.807) is 7.11 Å². The molecule has 80 valence electrons. The standard InChI is InChI=1S/C12H21NO/c1-5-6-7-8-12(14-4)13-10-9-11(2)3/h7-9H,5-6,10H2,1-4H3/b8-7-,13-12+. The van der Waals surface area contributed by atoms with Crippen molar-refractivity contribution in [1.82, 2.24) is 0 Å². The minimum atomic E-state index is 0.696. The van der Waals surface area contributed by atoms with E-state index in [-0.39, 0.29) is 0 Å². The Morgan fingerprint density at radius 2 is 2.07 bits per heavy atom. The minimum absolute atomic E-state index is 0.696. The summed E-state index contributed by atoms with van der Waals surface area (Å²) in [7, 11) is 1.65. The third kappa shape index (κ3) is 7.59. The van der Waals surface area contributed by atoms with Gasteiger partial charge in [0.15, 0.2) is 0 Å². The predicted molar refractivity (Wildman–Crippen MR) is 62.8 cm³/mol. The van der Waals surface area contributed by atoms with Gasteiger partial charge < -0.3 is 4.74 Å². The zero-order chi connectivity index (χ0) is 10.8. The molecule has 2 nitrogen and oxygen atoms in total. The summed E-state index contributed by atoms with van der Waals surface area (Å²) in [5.74, 6) is 0.705. The molecule has 0 radical (unpaired) electrons. The number of aliphatic imine (C=N–C) groups is 1. The van der Waals surface area contributed by atoms with Gasteiger partial charge in [-0.3, -0.25) is 0 Å². The van der Waals surface area contributed by atoms with E-state index in [4.69, 9.17) is 4.74 Å². The molecule has 2 heteroatoms. The van der Waals surface area contributed by atoms with Gasteiger partial charge in [-0.2, -0.15) is 0 Å². The first-order valence-corrected chi connectivity index (χ1v) is 5.09. The molecule has 0 amide bonds. The Morgan fingerprint density at radius 1 is 1.36 bits per heavy atom. The lowest BCUT2D eigenvalue weighted by Crippen LogP contribution is -1.97. The number of methoxy groups -OCH3 is 1. The summed E-state index contributed by atoms with van der Waals surface area (Å²) in [6.07, 6.45) is 8.33. The van der Waals surface area contributed by atoms with Crippen molar-refractivity contribution in [1.29, 1.82) is 0 Å². The van der Waals surface area contributed by atoms with Gasteiger partial charge in [0, 0.05) is 0 Å². The molecule has 14 heavy (non-hydrogen) atoms. The van der Waals surface area contributed by atoms with Crippen LogP contribution in [-0.2, 0) is 4.74 Å². The van der Waals surface area contributed by atoms with Crippen LogP contribution in [0.5, 0.6) is 0 Å². The first kappa shape index (κ1) is 12.9. The van der Waals surface area contributed by atoms with Gasteiger partial charge in [0.25, 0.3) is 0 Å². The largest absolute Gasteiger partial charge is 0.481 e. The molecular weight excluding hydrogens is 174 g/mol. The third-order valence-electron chi connectivity index (χ3n) is 1.67. The Balaban J connectivity index is 4.05. The summed E-state index contributed by atoms with van der Waals surface area (Å²) in [5, 5.41) is 0. The van der Waals surface area contributed by atoms with Crippen LogP contribution >= 0.6 is 0 Å². The molecule has 0 aromatic heterocycles. The van der Waals surface area contributed by atoms with Crippen LogP contribution in [0.25, 0.3) is 0 Å². The van der Waals surface area contributed by atoms with E-state index < -0.39 is 0 Å². The lowest BCUT2D eigenvalue weighted by molar-refractivity contribution is 0.405. The molecule has 0 atom stereocenters. The summed E-state index contributed by atoms with van der Waals surface area (Å²) >= 11 is 0. The van der Waals surface area contributed by atoms with E-state index in [0.717, 1.165) is 12.8 Å². The number of hydrogen-bond donors (Lipinski definition) is 0. The highest BCUT2D eigenvalue weighted by Crippen LogP contribution is 1.93. The molecule has 0 fully saturated rings. The number of nitrogens with zero attached hydrogens (tertiary/aromatic N) is 1. The van der Waals surface area contributed by atoms with Crippen LogP contribution < -0.4 is 0 Å². The Kier molecular flexibility index (Phi) is 7.90. The van der Waals surface area contributed by atoms with Crippen molar-refractivity contribution < 1.29 is 4.74 Å². The Morgan fingerprint density at radius 3 is 2.57 bits per heavy atom. The van der Waals surface area contributed by atoms with Crippen molar-refractivity contribution in [3.8, 4) is 0 Å². The van der Waals surface area contributed by atoms with E-state index in [2.05, 4.69) is 37.9 Å². The maximum atomic E-state index is 5.11. The van der Waals surface area contributed by atoms with Crippen molar-refractivity contribution in [2.24, 2.45) is 4.99 Å². The summed E-state index contributed by atoms with van der Waals surface area (Å²) in [4.78, 5) is 4.29. The lowest BCUT2D eigenvalue weighted by Gasteiger charge is -1.97. The molecule has 0 saturated heterocycles. The van der Waals surface area contributed by atoms with Gasteiger partial charge in [-0.25, -0.2) is 4.99 Å². The predicted octanol–water partition coefficient (Wildman–Crippen LogP) is 3.35. The Hall–Kier alpha value is -1.05. The highest BCUT2D eigenvalue weighted by Gasteiger charge is 1.88. The maximum Gasteiger partial charge on any atom is 0.208 e. The molecule has 0 aromatic rings. The van der Waals surface area contributed by atoms with Crippen LogP contribution in [0.4, 0.5) is 0 Å². The second-order valence-corrected chi connectivity index (χ2v) is 3.36. The van der Waals surface area contributed by atoms with Gasteiger partial charge in [0.05, 0.1) is 13.7 Å². The zero-order valence-electron chi connectivity index (χ0n) is 9.71. The first-order chi connectivity index (χ1) is 6.70. The van der Waals surface area contributed by atoms with Crippen molar-refractivity contribution in [3.63, 3.8) is 0 Å². The maximum absolute atomic E-state index is 5.11. The number of hydrogen-bond acceptors (Lipinski definition) is 2. The van der Waals surface area contributed by atoms with Gasteiger partial charge in [-0.1, -0.05) is 31.1 Å². The number of allylic oxidation sites excluding steroid dienone is 2. The fourth-order valence-corrected chi connectivity index (χ4v) is 0.854. The van der Waals surface area contributed by atoms with Crippen molar-refractivity contribution in [2.45, 2.75) is 33.6 Å². The van der Waals surface area contributed by atoms with Gasteiger partial charge in [-0.15, -0.1) is 0 Å². The average molecular weight is 195 g/mol. The fourth-order valence-electron chi connectivity index (χ4n) is 0.854. The van der Waals surface area contributed by atoms with E-state index in [0.29, 0.717) is 12.4 Å². The van der Waals surface area contributed by atoms with Crippen LogP contribution in [-0.4, -0.2) is 19.6 Å². The van der Waals surface area contributed by atoms with E-state index in [1.807, 2.05) is 6.08 Å². The summed E-state index contributed by atoms with van der Waals surface area (Å²) in [6, 6.07) is 0. The Labute approximate surface area is 87.4 Å². The molecule has 0 N–H and O–H groups in total. The molecule has 0 bridgehead atoms. The second kappa shape index (κ2) is 8.54. The lowest BCUT2D eigenvalue weighted by atomic mass is 10.3. The molecule has 0 aliphatic rings. The van der Waals surface area contributed by atoms with Crippen molar-refractivity contribution in [2.75, 3.05) is 13.7 Å².